The van der Waals surface area contributed by atoms with Gasteiger partial charge in [-0.25, -0.2) is 4.79 Å². The molecular formula is C15H27NO3. The van der Waals surface area contributed by atoms with E-state index in [1.54, 1.807) is 4.90 Å². The van der Waals surface area contributed by atoms with Gasteiger partial charge in [0.2, 0.25) is 5.91 Å². The molecule has 1 rings (SSSR count). The van der Waals surface area contributed by atoms with Gasteiger partial charge in [-0.1, -0.05) is 13.8 Å². The van der Waals surface area contributed by atoms with Crippen molar-refractivity contribution >= 4 is 11.9 Å². The number of carboxylic acids is 1. The van der Waals surface area contributed by atoms with Crippen LogP contribution < -0.4 is 0 Å². The van der Waals surface area contributed by atoms with Crippen molar-refractivity contribution in [3.8, 4) is 0 Å². The Kier molecular flexibility index (Phi) is 4.99. The quantitative estimate of drug-likeness (QED) is 0.853. The van der Waals surface area contributed by atoms with E-state index in [4.69, 9.17) is 0 Å². The van der Waals surface area contributed by atoms with Crippen LogP contribution >= 0.6 is 0 Å². The number of carbonyl (C=O) groups is 2. The average molecular weight is 269 g/mol. The minimum Gasteiger partial charge on any atom is -0.479 e. The van der Waals surface area contributed by atoms with Gasteiger partial charge in [0.1, 0.15) is 5.54 Å². The molecule has 4 heteroatoms. The maximum absolute atomic E-state index is 11.9. The molecule has 0 aromatic heterocycles. The zero-order chi connectivity index (χ0) is 14.8. The summed E-state index contributed by atoms with van der Waals surface area (Å²) in [6.07, 6.45) is 2.92. The Morgan fingerprint density at radius 3 is 1.89 bits per heavy atom. The number of rotatable bonds is 4. The van der Waals surface area contributed by atoms with Gasteiger partial charge in [-0.15, -0.1) is 0 Å². The monoisotopic (exact) mass is 269 g/mol. The summed E-state index contributed by atoms with van der Waals surface area (Å²) in [6, 6.07) is -0.0794. The maximum atomic E-state index is 11.9. The third kappa shape index (κ3) is 3.10. The van der Waals surface area contributed by atoms with E-state index in [1.807, 2.05) is 13.8 Å². The molecule has 0 unspecified atom stereocenters. The van der Waals surface area contributed by atoms with Crippen LogP contribution in [0.15, 0.2) is 0 Å². The predicted molar refractivity (Wildman–Crippen MR) is 74.8 cm³/mol. The summed E-state index contributed by atoms with van der Waals surface area (Å²) in [5.74, 6) is 0.170. The van der Waals surface area contributed by atoms with Crippen molar-refractivity contribution in [1.82, 2.24) is 4.90 Å². The lowest BCUT2D eigenvalue weighted by Crippen LogP contribution is -2.60. The lowest BCUT2D eigenvalue weighted by Gasteiger charge is -2.47. The van der Waals surface area contributed by atoms with Crippen molar-refractivity contribution in [2.24, 2.45) is 11.8 Å². The Morgan fingerprint density at radius 1 is 1.16 bits per heavy atom. The number of nitrogens with zero attached hydrogens (tertiary/aromatic N) is 1. The largest absolute Gasteiger partial charge is 0.479 e. The van der Waals surface area contributed by atoms with Crippen LogP contribution in [0, 0.1) is 11.8 Å². The first-order valence-electron chi connectivity index (χ1n) is 7.25. The van der Waals surface area contributed by atoms with Crippen molar-refractivity contribution in [3.05, 3.63) is 0 Å². The highest BCUT2D eigenvalue weighted by Crippen LogP contribution is 2.40. The number of aliphatic carboxylic acids is 1. The van der Waals surface area contributed by atoms with Crippen LogP contribution in [-0.2, 0) is 9.59 Å². The van der Waals surface area contributed by atoms with Gasteiger partial charge in [-0.2, -0.15) is 0 Å². The Balaban J connectivity index is 3.01. The van der Waals surface area contributed by atoms with Crippen LogP contribution in [0.5, 0.6) is 0 Å². The van der Waals surface area contributed by atoms with Crippen LogP contribution in [-0.4, -0.2) is 33.5 Å². The van der Waals surface area contributed by atoms with Crippen molar-refractivity contribution < 1.29 is 14.7 Å². The Hall–Kier alpha value is -1.06. The van der Waals surface area contributed by atoms with Crippen molar-refractivity contribution in [2.45, 2.75) is 71.9 Å². The van der Waals surface area contributed by atoms with Gasteiger partial charge >= 0.3 is 5.97 Å². The van der Waals surface area contributed by atoms with Crippen molar-refractivity contribution in [3.63, 3.8) is 0 Å². The second kappa shape index (κ2) is 5.93. The molecule has 0 spiro atoms. The van der Waals surface area contributed by atoms with E-state index >= 15 is 0 Å². The highest BCUT2D eigenvalue weighted by Gasteiger charge is 2.49. The second-order valence-corrected chi connectivity index (χ2v) is 6.40. The summed E-state index contributed by atoms with van der Waals surface area (Å²) in [5, 5.41) is 9.69. The van der Waals surface area contributed by atoms with Crippen molar-refractivity contribution in [2.75, 3.05) is 0 Å². The van der Waals surface area contributed by atoms with E-state index in [2.05, 4.69) is 13.8 Å². The summed E-state index contributed by atoms with van der Waals surface area (Å²) in [5.41, 5.74) is -0.995. The molecule has 0 bridgehead atoms. The first-order valence-corrected chi connectivity index (χ1v) is 7.25. The first-order chi connectivity index (χ1) is 8.72. The van der Waals surface area contributed by atoms with Crippen LogP contribution in [0.1, 0.15) is 60.3 Å². The van der Waals surface area contributed by atoms with E-state index in [0.29, 0.717) is 24.7 Å². The fraction of sp³-hybridized carbons (Fsp3) is 0.867. The number of carbonyl (C=O) groups excluding carboxylic acids is 1. The normalized spacial score (nSPS) is 27.6. The van der Waals surface area contributed by atoms with E-state index in [-0.39, 0.29) is 11.9 Å². The molecule has 1 aliphatic rings. The topological polar surface area (TPSA) is 57.6 Å². The summed E-state index contributed by atoms with van der Waals surface area (Å²) in [4.78, 5) is 25.3. The maximum Gasteiger partial charge on any atom is 0.329 e. The Bertz CT molecular complexity index is 341. The SMILES string of the molecule is CC(=O)N(C(C)C)C1(C(=O)O)CCC(C(C)C)CC1. The molecule has 1 fully saturated rings. The Morgan fingerprint density at radius 2 is 1.63 bits per heavy atom. The van der Waals surface area contributed by atoms with Crippen molar-refractivity contribution in [1.29, 1.82) is 0 Å². The van der Waals surface area contributed by atoms with Crippen LogP contribution in [0.3, 0.4) is 0 Å². The molecule has 19 heavy (non-hydrogen) atoms. The Labute approximate surface area is 116 Å². The summed E-state index contributed by atoms with van der Waals surface area (Å²) in [7, 11) is 0. The molecule has 0 aromatic rings. The standard InChI is InChI=1S/C15H27NO3/c1-10(2)13-6-8-15(9-7-13,14(18)19)16(11(3)4)12(5)17/h10-11,13H,6-9H2,1-5H3,(H,18,19). The summed E-state index contributed by atoms with van der Waals surface area (Å²) >= 11 is 0. The predicted octanol–water partition coefficient (Wildman–Crippen LogP) is 2.91. The molecule has 110 valence electrons. The molecule has 1 amide bonds. The zero-order valence-electron chi connectivity index (χ0n) is 12.8. The van der Waals surface area contributed by atoms with Gasteiger partial charge in [0, 0.05) is 13.0 Å². The van der Waals surface area contributed by atoms with Crippen LogP contribution in [0.2, 0.25) is 0 Å². The van der Waals surface area contributed by atoms with Gasteiger partial charge in [0.05, 0.1) is 0 Å². The number of amides is 1. The van der Waals surface area contributed by atoms with E-state index in [1.165, 1.54) is 6.92 Å². The van der Waals surface area contributed by atoms with Gasteiger partial charge < -0.3 is 10.0 Å². The summed E-state index contributed by atoms with van der Waals surface area (Å²) < 4.78 is 0. The molecule has 0 heterocycles. The lowest BCUT2D eigenvalue weighted by molar-refractivity contribution is -0.164. The number of hydrogen-bond acceptors (Lipinski definition) is 2. The molecule has 0 saturated heterocycles. The fourth-order valence-corrected chi connectivity index (χ4v) is 3.50. The number of carboxylic acid groups (broad SMARTS) is 1. The average Bonchev–Trinajstić information content (AvgIpc) is 2.28. The fourth-order valence-electron chi connectivity index (χ4n) is 3.50. The van der Waals surface area contributed by atoms with Gasteiger partial charge in [0.15, 0.2) is 0 Å². The third-order valence-corrected chi connectivity index (χ3v) is 4.52. The van der Waals surface area contributed by atoms with E-state index in [9.17, 15) is 14.7 Å². The van der Waals surface area contributed by atoms with Crippen LogP contribution in [0.25, 0.3) is 0 Å². The van der Waals surface area contributed by atoms with Gasteiger partial charge in [-0.05, 0) is 51.4 Å². The third-order valence-electron chi connectivity index (χ3n) is 4.52. The van der Waals surface area contributed by atoms with Crippen LogP contribution in [0.4, 0.5) is 0 Å². The highest BCUT2D eigenvalue weighted by atomic mass is 16.4. The molecule has 0 atom stereocenters. The minimum absolute atomic E-state index is 0.0794. The molecule has 0 aromatic carbocycles. The molecular weight excluding hydrogens is 242 g/mol. The lowest BCUT2D eigenvalue weighted by atomic mass is 9.71. The molecule has 4 nitrogen and oxygen atoms in total. The number of hydrogen-bond donors (Lipinski definition) is 1. The van der Waals surface area contributed by atoms with E-state index < -0.39 is 11.5 Å². The summed E-state index contributed by atoms with van der Waals surface area (Å²) in [6.45, 7) is 9.62. The minimum atomic E-state index is -0.995. The molecule has 1 saturated carbocycles. The molecule has 1 aliphatic carbocycles. The van der Waals surface area contributed by atoms with Gasteiger partial charge in [-0.3, -0.25) is 4.79 Å². The highest BCUT2D eigenvalue weighted by molar-refractivity contribution is 5.86. The first kappa shape index (κ1) is 16.0. The zero-order valence-corrected chi connectivity index (χ0v) is 12.8. The second-order valence-electron chi connectivity index (χ2n) is 6.40. The molecule has 1 N–H and O–H groups in total. The molecule has 0 radical (unpaired) electrons. The van der Waals surface area contributed by atoms with Gasteiger partial charge in [0.25, 0.3) is 0 Å². The smallest absolute Gasteiger partial charge is 0.329 e. The van der Waals surface area contributed by atoms with E-state index in [0.717, 1.165) is 12.8 Å². The molecule has 0 aliphatic heterocycles.